The van der Waals surface area contributed by atoms with Gasteiger partial charge in [-0.15, -0.1) is 0 Å². The van der Waals surface area contributed by atoms with E-state index >= 15 is 4.79 Å². The summed E-state index contributed by atoms with van der Waals surface area (Å²) in [6.45, 7) is 1.26. The number of aliphatic carboxylic acids is 2. The van der Waals surface area contributed by atoms with E-state index in [1.807, 2.05) is 0 Å². The number of halogens is 5. The number of hydrogen-bond donors (Lipinski definition) is 17. The third-order valence-corrected chi connectivity index (χ3v) is 13.9. The number of nitrogens with one attached hydrogen (secondary N) is 7. The second-order valence-electron chi connectivity index (χ2n) is 19.2. The number of likely N-dealkylation sites (N-methyl/N-ethyl adjacent to an activating group) is 1. The number of aromatic hydroxyl groups is 4. The minimum Gasteiger partial charge on any atom is -0.508 e. The largest absolute Gasteiger partial charge is 0.508 e. The second kappa shape index (κ2) is 25.7. The molecule has 0 saturated heterocycles. The van der Waals surface area contributed by atoms with E-state index in [0.29, 0.717) is 0 Å². The first-order chi connectivity index (χ1) is 40.3. The van der Waals surface area contributed by atoms with Gasteiger partial charge in [-0.3, -0.25) is 33.6 Å². The number of benzene rings is 5. The molecule has 5 aliphatic rings. The fourth-order valence-corrected chi connectivity index (χ4v) is 9.55. The number of nitrogens with two attached hydrogens (primary N) is 1. The van der Waals surface area contributed by atoms with Crippen LogP contribution < -0.4 is 52.4 Å². The molecule has 10 atom stereocenters. The van der Waals surface area contributed by atoms with Crippen LogP contribution in [0.25, 0.3) is 11.1 Å². The molecule has 33 heteroatoms. The smallest absolute Gasteiger partial charge is 0.490 e. The third-order valence-electron chi connectivity index (χ3n) is 13.3. The molecule has 5 aliphatic heterocycles. The number of carbonyl (C=O) groups excluding carboxylic acids is 7. The average Bonchev–Trinajstić information content (AvgIpc) is 0.850. The number of aliphatic hydroxyl groups excluding tert-OH is 3. The Labute approximate surface area is 490 Å². The lowest BCUT2D eigenvalue weighted by Gasteiger charge is -2.31. The Bertz CT molecular complexity index is 3600. The van der Waals surface area contributed by atoms with Crippen LogP contribution in [0.15, 0.2) is 78.9 Å². The number of carbonyl (C=O) groups is 9. The number of phenolic OH excluding ortho intramolecular Hbond substituents is 4. The van der Waals surface area contributed by atoms with Crippen LogP contribution in [0.1, 0.15) is 71.5 Å². The molecule has 5 heterocycles. The van der Waals surface area contributed by atoms with Gasteiger partial charge < -0.3 is 98.4 Å². The molecule has 0 saturated carbocycles. The minimum absolute atomic E-state index is 0.137. The Morgan fingerprint density at radius 2 is 1.20 bits per heavy atom. The molecule has 0 fully saturated rings. The fourth-order valence-electron chi connectivity index (χ4n) is 9.09. The lowest BCUT2D eigenvalue weighted by atomic mass is 9.89. The van der Waals surface area contributed by atoms with Gasteiger partial charge in [-0.2, -0.15) is 13.2 Å². The van der Waals surface area contributed by atoms with Gasteiger partial charge in [0.05, 0.1) is 22.6 Å². The third kappa shape index (κ3) is 13.9. The molecule has 0 aliphatic carbocycles. The summed E-state index contributed by atoms with van der Waals surface area (Å²) in [5.74, 6) is -18.3. The Morgan fingerprint density at radius 3 is 1.72 bits per heavy atom. The number of ether oxygens (including phenoxy) is 2. The Morgan fingerprint density at radius 1 is 0.663 bits per heavy atom. The molecule has 86 heavy (non-hydrogen) atoms. The zero-order valence-electron chi connectivity index (χ0n) is 44.0. The average molecular weight is 1250 g/mol. The molecule has 10 rings (SSSR count). The molecule has 7 amide bonds. The summed E-state index contributed by atoms with van der Waals surface area (Å²) in [6.07, 6.45) is -11.6. The summed E-state index contributed by atoms with van der Waals surface area (Å²) in [4.78, 5) is 122. The first-order valence-electron chi connectivity index (χ1n) is 24.9. The molecule has 0 unspecified atom stereocenters. The van der Waals surface area contributed by atoms with E-state index in [4.69, 9.17) is 48.3 Å². The van der Waals surface area contributed by atoms with Crippen molar-refractivity contribution in [3.05, 3.63) is 117 Å². The van der Waals surface area contributed by atoms with Gasteiger partial charge in [0.25, 0.3) is 0 Å². The summed E-state index contributed by atoms with van der Waals surface area (Å²) in [6, 6.07) is -0.425. The Kier molecular flexibility index (Phi) is 19.1. The topological polar surface area (TPSA) is 464 Å². The van der Waals surface area contributed by atoms with E-state index in [9.17, 15) is 87.6 Å². The standard InChI is InChI=1S/C51H48Cl2N8O18.C2HF3O2/c1-17(62)36(55-2)46(71)60-40-42(67)19-4-7-30(25(52)10-19)78-32-12-21-13-33(44(32)69)79-31-8-5-20(11-26(31)53)43(68)41-50(75)59-39(51(76)77)24-14-22(63)15-29(65)35(24)23-9-18(3-6-28(23)64)37(47(72)61-41)58-48(73)38(21)57-45(70)27(16-34(54)66)56-49(40)74;3-2(4,5)1(6)7/h3-15,17,27,36-43,55,62-65,67-69H,16H2,1-2H3,(H2,54,66)(H,56,74)(H,57,70)(H,58,73)(H,59,75)(H,60,71)(H,61,72)(H,76,77);(H,6,7)/t17-,27-,36+,37+,38+,39-,40+,41-,42+,43+;/m0./s1. The maximum atomic E-state index is 15.3. The number of primary amides is 1. The van der Waals surface area contributed by atoms with Crippen LogP contribution in [0, 0.1) is 0 Å². The number of phenols is 4. The van der Waals surface area contributed by atoms with Crippen molar-refractivity contribution in [3.63, 3.8) is 0 Å². The van der Waals surface area contributed by atoms with Gasteiger partial charge in [-0.1, -0.05) is 41.4 Å². The van der Waals surface area contributed by atoms with E-state index in [1.165, 1.54) is 32.2 Å². The summed E-state index contributed by atoms with van der Waals surface area (Å²) in [5.41, 5.74) is 3.11. The Balaban J connectivity index is 0.00000142. The molecular weight excluding hydrogens is 1200 g/mol. The van der Waals surface area contributed by atoms with Gasteiger partial charge in [0, 0.05) is 22.8 Å². The molecule has 28 nitrogen and oxygen atoms in total. The highest BCUT2D eigenvalue weighted by Crippen LogP contribution is 2.47. The second-order valence-corrected chi connectivity index (χ2v) is 20.0. The van der Waals surface area contributed by atoms with Gasteiger partial charge >= 0.3 is 18.1 Å². The molecule has 11 bridgehead atoms. The van der Waals surface area contributed by atoms with Crippen molar-refractivity contribution < 1.29 is 112 Å². The summed E-state index contributed by atoms with van der Waals surface area (Å²) in [5, 5.41) is 113. The zero-order valence-corrected chi connectivity index (χ0v) is 45.5. The van der Waals surface area contributed by atoms with Gasteiger partial charge in [0.15, 0.2) is 17.5 Å². The van der Waals surface area contributed by atoms with Gasteiger partial charge in [-0.25, -0.2) is 9.59 Å². The number of fused-ring (bicyclic) bond motifs is 15. The van der Waals surface area contributed by atoms with Crippen molar-refractivity contribution in [3.8, 4) is 57.1 Å². The first kappa shape index (κ1) is 63.9. The molecule has 0 radical (unpaired) electrons. The number of rotatable bonds is 7. The van der Waals surface area contributed by atoms with E-state index in [1.54, 1.807) is 0 Å². The molecule has 456 valence electrons. The summed E-state index contributed by atoms with van der Waals surface area (Å²) >= 11 is 13.4. The van der Waals surface area contributed by atoms with Gasteiger partial charge in [-0.05, 0) is 90.8 Å². The van der Waals surface area contributed by atoms with Gasteiger partial charge in [0.1, 0.15) is 77.2 Å². The van der Waals surface area contributed by atoms with Crippen LogP contribution in [-0.2, 0) is 43.2 Å². The number of carboxylic acid groups (broad SMARTS) is 2. The maximum Gasteiger partial charge on any atom is 0.490 e. The SMILES string of the molecule is CN[C@@H](C(=O)N[C@H]1C(=O)N[C@@H](CC(N)=O)C(=O)N[C@H]2C(=O)N[C@H]3C(=O)N[C@H](C(=O)N[C@H](C(=O)O)c4cc(O)cc(O)c4-c4cc3ccc4O)[C@H](O)c3ccc(c(Cl)c3)Oc3cc2cc(c3O)Oc2ccc(cc2Cl)[C@H]1O)[C@H](C)O.O=C(O)C(F)(F)F. The van der Waals surface area contributed by atoms with Crippen molar-refractivity contribution in [1.29, 1.82) is 0 Å². The van der Waals surface area contributed by atoms with E-state index in [0.717, 1.165) is 60.7 Å². The van der Waals surface area contributed by atoms with Gasteiger partial charge in [0.2, 0.25) is 47.1 Å². The minimum atomic E-state index is -5.08. The van der Waals surface area contributed by atoms with Crippen molar-refractivity contribution in [2.45, 2.75) is 80.1 Å². The van der Waals surface area contributed by atoms with E-state index < -0.39 is 178 Å². The van der Waals surface area contributed by atoms with E-state index in [2.05, 4.69) is 37.2 Å². The molecule has 18 N–H and O–H groups in total. The molecule has 5 aromatic rings. The Hall–Kier alpha value is -9.66. The molecule has 0 aromatic heterocycles. The highest BCUT2D eigenvalue weighted by Gasteiger charge is 2.42. The van der Waals surface area contributed by atoms with Crippen LogP contribution in [-0.4, -0.2) is 143 Å². The number of amides is 7. The van der Waals surface area contributed by atoms with Crippen molar-refractivity contribution in [2.75, 3.05) is 7.05 Å². The van der Waals surface area contributed by atoms with Crippen molar-refractivity contribution in [1.82, 2.24) is 37.2 Å². The lowest BCUT2D eigenvalue weighted by Crippen LogP contribution is -2.60. The van der Waals surface area contributed by atoms with Crippen molar-refractivity contribution >= 4 is 76.5 Å². The predicted octanol–water partition coefficient (Wildman–Crippen LogP) is 1.36. The highest BCUT2D eigenvalue weighted by atomic mass is 35.5. The molecular formula is C53H49Cl2F3N8O20. The number of alkyl halides is 3. The molecule has 5 aromatic carbocycles. The van der Waals surface area contributed by atoms with E-state index in [-0.39, 0.29) is 43.8 Å². The van der Waals surface area contributed by atoms with Crippen LogP contribution in [0.5, 0.6) is 46.0 Å². The summed E-state index contributed by atoms with van der Waals surface area (Å²) in [7, 11) is 1.32. The quantitative estimate of drug-likeness (QED) is 0.109. The number of aliphatic hydroxyl groups is 3. The maximum absolute atomic E-state index is 15.3. The van der Waals surface area contributed by atoms with Crippen LogP contribution in [0.3, 0.4) is 0 Å². The van der Waals surface area contributed by atoms with Crippen molar-refractivity contribution in [2.24, 2.45) is 5.73 Å². The number of carboxylic acids is 2. The van der Waals surface area contributed by atoms with Crippen LogP contribution in [0.2, 0.25) is 10.0 Å². The molecule has 0 spiro atoms. The predicted molar refractivity (Wildman–Crippen MR) is 286 cm³/mol. The van der Waals surface area contributed by atoms with Crippen LogP contribution >= 0.6 is 23.2 Å². The first-order valence-corrected chi connectivity index (χ1v) is 25.6. The number of hydrogen-bond acceptors (Lipinski definition) is 19. The zero-order chi connectivity index (χ0) is 63.5. The normalized spacial score (nSPS) is 22.0. The fraction of sp³-hybridized carbons (Fsp3) is 0.264. The van der Waals surface area contributed by atoms with Crippen LogP contribution in [0.4, 0.5) is 13.2 Å². The highest BCUT2D eigenvalue weighted by molar-refractivity contribution is 6.32. The summed E-state index contributed by atoms with van der Waals surface area (Å²) < 4.78 is 43.9. The lowest BCUT2D eigenvalue weighted by molar-refractivity contribution is -0.192. The monoisotopic (exact) mass is 1240 g/mol.